The van der Waals surface area contributed by atoms with Crippen molar-refractivity contribution in [1.29, 1.82) is 0 Å². The van der Waals surface area contributed by atoms with Crippen LogP contribution in [0.5, 0.6) is 0 Å². The van der Waals surface area contributed by atoms with Crippen molar-refractivity contribution in [1.82, 2.24) is 30.3 Å². The number of hydrogen-bond donors (Lipinski definition) is 1. The van der Waals surface area contributed by atoms with Crippen LogP contribution in [-0.4, -0.2) is 42.2 Å². The number of carbonyl (C=O) groups is 2. The number of nitrogens with zero attached hydrogens (tertiary/aromatic N) is 6. The molecule has 3 heterocycles. The smallest absolute Gasteiger partial charge is 0.340 e. The number of nitrogens with one attached hydrogen (secondary N) is 1. The van der Waals surface area contributed by atoms with Crippen molar-refractivity contribution in [2.45, 2.75) is 13.2 Å². The van der Waals surface area contributed by atoms with Gasteiger partial charge in [-0.05, 0) is 34.0 Å². The van der Waals surface area contributed by atoms with E-state index in [-0.39, 0.29) is 24.6 Å². The molecule has 0 aliphatic carbocycles. The third-order valence-electron chi connectivity index (χ3n) is 3.65. The average Bonchev–Trinajstić information content (AvgIpc) is 3.48. The first-order valence-electron chi connectivity index (χ1n) is 8.32. The fourth-order valence-electron chi connectivity index (χ4n) is 2.38. The van der Waals surface area contributed by atoms with Gasteiger partial charge < -0.3 is 14.6 Å². The first-order valence-corrected chi connectivity index (χ1v) is 9.20. The minimum absolute atomic E-state index is 0.0934. The molecule has 0 saturated carbocycles. The van der Waals surface area contributed by atoms with Crippen molar-refractivity contribution in [2.75, 3.05) is 5.32 Å². The Balaban J connectivity index is 1.39. The second kappa shape index (κ2) is 8.39. The van der Waals surface area contributed by atoms with Crippen LogP contribution in [0.2, 0.25) is 0 Å². The van der Waals surface area contributed by atoms with Gasteiger partial charge in [-0.25, -0.2) is 9.48 Å². The summed E-state index contributed by atoms with van der Waals surface area (Å²) in [6.45, 7) is -0.284. The molecule has 0 saturated heterocycles. The maximum Gasteiger partial charge on any atom is 0.340 e. The molecule has 11 nitrogen and oxygen atoms in total. The highest BCUT2D eigenvalue weighted by Gasteiger charge is 2.17. The van der Waals surface area contributed by atoms with E-state index < -0.39 is 11.9 Å². The predicted octanol–water partition coefficient (Wildman–Crippen LogP) is 1.78. The number of esters is 1. The van der Waals surface area contributed by atoms with Gasteiger partial charge in [0.15, 0.2) is 6.61 Å². The largest absolute Gasteiger partial charge is 0.452 e. The van der Waals surface area contributed by atoms with E-state index in [9.17, 15) is 9.59 Å². The third-order valence-corrected chi connectivity index (χ3v) is 4.52. The Morgan fingerprint density at radius 1 is 1.21 bits per heavy atom. The normalized spacial score (nSPS) is 10.6. The highest BCUT2D eigenvalue weighted by Crippen LogP contribution is 2.22. The minimum Gasteiger partial charge on any atom is -0.452 e. The van der Waals surface area contributed by atoms with Crippen molar-refractivity contribution >= 4 is 28.9 Å². The van der Waals surface area contributed by atoms with Crippen LogP contribution in [0.4, 0.5) is 5.69 Å². The molecule has 0 aliphatic heterocycles. The third kappa shape index (κ3) is 4.50. The van der Waals surface area contributed by atoms with E-state index in [1.165, 1.54) is 22.3 Å². The van der Waals surface area contributed by atoms with Crippen molar-refractivity contribution in [3.63, 3.8) is 0 Å². The SMILES string of the molecule is O=C(Cn1cnnn1)Nc1ccccc1C(=O)OCc1nc(-c2cccs2)no1. The van der Waals surface area contributed by atoms with Gasteiger partial charge in [-0.3, -0.25) is 4.79 Å². The van der Waals surface area contributed by atoms with E-state index >= 15 is 0 Å². The number of aromatic nitrogens is 6. The van der Waals surface area contributed by atoms with Gasteiger partial charge in [0.05, 0.1) is 16.1 Å². The molecule has 0 unspecified atom stereocenters. The lowest BCUT2D eigenvalue weighted by molar-refractivity contribution is -0.116. The van der Waals surface area contributed by atoms with Gasteiger partial charge in [-0.1, -0.05) is 23.4 Å². The van der Waals surface area contributed by atoms with Crippen LogP contribution in [-0.2, 0) is 22.7 Å². The van der Waals surface area contributed by atoms with Crippen molar-refractivity contribution in [3.8, 4) is 10.7 Å². The molecule has 0 aliphatic rings. The Labute approximate surface area is 167 Å². The van der Waals surface area contributed by atoms with Gasteiger partial charge in [0.25, 0.3) is 5.89 Å². The molecular formula is C17H13N7O4S. The lowest BCUT2D eigenvalue weighted by Crippen LogP contribution is -2.21. The number of hydrogen-bond acceptors (Lipinski definition) is 10. The summed E-state index contributed by atoms with van der Waals surface area (Å²) in [4.78, 5) is 29.7. The van der Waals surface area contributed by atoms with Crippen LogP contribution in [0.1, 0.15) is 16.2 Å². The summed E-state index contributed by atoms with van der Waals surface area (Å²) >= 11 is 1.47. The molecule has 146 valence electrons. The van der Waals surface area contributed by atoms with Crippen molar-refractivity contribution in [2.24, 2.45) is 0 Å². The minimum atomic E-state index is -0.640. The Bertz CT molecular complexity index is 1110. The number of carbonyl (C=O) groups excluding carboxylic acids is 2. The van der Waals surface area contributed by atoms with Crippen LogP contribution in [0.25, 0.3) is 10.7 Å². The highest BCUT2D eigenvalue weighted by molar-refractivity contribution is 7.13. The van der Waals surface area contributed by atoms with Gasteiger partial charge in [0, 0.05) is 0 Å². The standard InChI is InChI=1S/C17H13N7O4S/c25-14(8-24-10-18-22-23-24)19-12-5-2-1-4-11(12)17(26)27-9-15-20-16(21-28-15)13-6-3-7-29-13/h1-7,10H,8-9H2,(H,19,25). The van der Waals surface area contributed by atoms with E-state index in [0.717, 1.165) is 4.88 Å². The monoisotopic (exact) mass is 411 g/mol. The number of rotatable bonds is 7. The highest BCUT2D eigenvalue weighted by atomic mass is 32.1. The first kappa shape index (κ1) is 18.4. The van der Waals surface area contributed by atoms with Gasteiger partial charge in [0.1, 0.15) is 12.9 Å². The maximum absolute atomic E-state index is 12.5. The molecule has 0 radical (unpaired) electrons. The molecule has 0 fully saturated rings. The van der Waals surface area contributed by atoms with Crippen molar-refractivity contribution in [3.05, 3.63) is 59.6 Å². The van der Waals surface area contributed by atoms with Crippen LogP contribution in [0, 0.1) is 0 Å². The van der Waals surface area contributed by atoms with E-state index in [1.807, 2.05) is 17.5 Å². The number of para-hydroxylation sites is 1. The molecule has 3 aromatic heterocycles. The summed E-state index contributed by atoms with van der Waals surface area (Å²) in [5, 5.41) is 18.9. The topological polar surface area (TPSA) is 138 Å². The summed E-state index contributed by atoms with van der Waals surface area (Å²) in [6, 6.07) is 10.2. The molecule has 4 rings (SSSR count). The molecule has 29 heavy (non-hydrogen) atoms. The second-order valence-corrected chi connectivity index (χ2v) is 6.61. The zero-order valence-electron chi connectivity index (χ0n) is 14.8. The number of ether oxygens (including phenoxy) is 1. The Morgan fingerprint density at radius 2 is 2.10 bits per heavy atom. The number of anilines is 1. The van der Waals surface area contributed by atoms with E-state index in [1.54, 1.807) is 24.3 Å². The van der Waals surface area contributed by atoms with Crippen molar-refractivity contribution < 1.29 is 18.8 Å². The van der Waals surface area contributed by atoms with Gasteiger partial charge in [-0.15, -0.1) is 16.4 Å². The zero-order valence-corrected chi connectivity index (χ0v) is 15.6. The van der Waals surface area contributed by atoms with E-state index in [0.29, 0.717) is 11.5 Å². The fraction of sp³-hybridized carbons (Fsp3) is 0.118. The molecule has 0 spiro atoms. The summed E-state index contributed by atoms with van der Waals surface area (Å²) in [7, 11) is 0. The molecule has 0 bridgehead atoms. The van der Waals surface area contributed by atoms with Gasteiger partial charge in [0.2, 0.25) is 11.7 Å². The van der Waals surface area contributed by atoms with Crippen LogP contribution in [0.15, 0.2) is 52.6 Å². The number of tetrazole rings is 1. The molecular weight excluding hydrogens is 398 g/mol. The lowest BCUT2D eigenvalue weighted by atomic mass is 10.2. The quantitative estimate of drug-likeness (QED) is 0.451. The van der Waals surface area contributed by atoms with Gasteiger partial charge in [-0.2, -0.15) is 4.98 Å². The van der Waals surface area contributed by atoms with Gasteiger partial charge >= 0.3 is 5.97 Å². The molecule has 12 heteroatoms. The zero-order chi connectivity index (χ0) is 20.1. The van der Waals surface area contributed by atoms with Crippen LogP contribution >= 0.6 is 11.3 Å². The molecule has 1 N–H and O–H groups in total. The fourth-order valence-corrected chi connectivity index (χ4v) is 3.03. The second-order valence-electron chi connectivity index (χ2n) is 5.67. The summed E-state index contributed by atoms with van der Waals surface area (Å²) in [5.41, 5.74) is 0.496. The lowest BCUT2D eigenvalue weighted by Gasteiger charge is -2.10. The summed E-state index contributed by atoms with van der Waals surface area (Å²) < 4.78 is 11.6. The Kier molecular flexibility index (Phi) is 5.33. The summed E-state index contributed by atoms with van der Waals surface area (Å²) in [6.07, 6.45) is 1.31. The average molecular weight is 411 g/mol. The number of amides is 1. The molecule has 1 amide bonds. The Hall–Kier alpha value is -3.93. The van der Waals surface area contributed by atoms with Crippen LogP contribution in [0.3, 0.4) is 0 Å². The molecule has 4 aromatic rings. The maximum atomic E-state index is 12.5. The number of thiophene rings is 1. The predicted molar refractivity (Wildman–Crippen MR) is 99.6 cm³/mol. The molecule has 0 atom stereocenters. The van der Waals surface area contributed by atoms with E-state index in [4.69, 9.17) is 9.26 Å². The number of benzene rings is 1. The molecule has 1 aromatic carbocycles. The first-order chi connectivity index (χ1) is 14.2. The van der Waals surface area contributed by atoms with Crippen LogP contribution < -0.4 is 5.32 Å². The Morgan fingerprint density at radius 3 is 2.90 bits per heavy atom. The summed E-state index contributed by atoms with van der Waals surface area (Å²) in [5.74, 6) is -0.433. The van der Waals surface area contributed by atoms with E-state index in [2.05, 4.69) is 31.0 Å².